The van der Waals surface area contributed by atoms with Gasteiger partial charge in [0.05, 0.1) is 0 Å². The van der Waals surface area contributed by atoms with Crippen molar-refractivity contribution in [3.63, 3.8) is 0 Å². The maximum absolute atomic E-state index is 12.1. The molecule has 0 spiro atoms. The monoisotopic (exact) mass is 318 g/mol. The lowest BCUT2D eigenvalue weighted by Gasteiger charge is -2.09. The first-order chi connectivity index (χ1) is 9.11. The van der Waals surface area contributed by atoms with Crippen LogP contribution in [-0.2, 0) is 6.42 Å². The number of pyridine rings is 1. The number of aryl methyl sites for hydroxylation is 2. The van der Waals surface area contributed by atoms with E-state index in [0.717, 1.165) is 12.1 Å². The molecule has 1 N–H and O–H groups in total. The van der Waals surface area contributed by atoms with Crippen LogP contribution in [0.4, 0.5) is 5.69 Å². The van der Waals surface area contributed by atoms with E-state index in [2.05, 4.69) is 33.2 Å². The van der Waals surface area contributed by atoms with Crippen LogP contribution in [0.2, 0.25) is 0 Å². The van der Waals surface area contributed by atoms with Crippen LogP contribution >= 0.6 is 15.9 Å². The lowest BCUT2D eigenvalue weighted by molar-refractivity contribution is 0.102. The van der Waals surface area contributed by atoms with Gasteiger partial charge in [-0.05, 0) is 64.7 Å². The number of benzene rings is 1. The largest absolute Gasteiger partial charge is 0.321 e. The van der Waals surface area contributed by atoms with Gasteiger partial charge in [-0.3, -0.25) is 4.79 Å². The normalized spacial score (nSPS) is 10.3. The maximum atomic E-state index is 12.1. The van der Waals surface area contributed by atoms with E-state index in [0.29, 0.717) is 10.2 Å². The first-order valence-electron chi connectivity index (χ1n) is 6.13. The molecule has 98 valence electrons. The number of halogens is 1. The minimum Gasteiger partial charge on any atom is -0.321 e. The van der Waals surface area contributed by atoms with Gasteiger partial charge in [-0.15, -0.1) is 0 Å². The first kappa shape index (κ1) is 13.7. The second-order valence-electron chi connectivity index (χ2n) is 4.28. The molecule has 1 aromatic heterocycles. The average Bonchev–Trinajstić information content (AvgIpc) is 2.39. The smallest absolute Gasteiger partial charge is 0.275 e. The summed E-state index contributed by atoms with van der Waals surface area (Å²) >= 11 is 3.32. The molecule has 0 bridgehead atoms. The van der Waals surface area contributed by atoms with Gasteiger partial charge in [-0.25, -0.2) is 4.98 Å². The summed E-state index contributed by atoms with van der Waals surface area (Å²) in [6, 6.07) is 9.51. The molecule has 2 aromatic rings. The molecule has 0 unspecified atom stereocenters. The number of nitrogens with zero attached hydrogens (tertiary/aromatic N) is 1. The van der Waals surface area contributed by atoms with Gasteiger partial charge in [0.1, 0.15) is 5.69 Å². The van der Waals surface area contributed by atoms with Gasteiger partial charge >= 0.3 is 0 Å². The molecule has 0 atom stereocenters. The van der Waals surface area contributed by atoms with Crippen molar-refractivity contribution in [1.82, 2.24) is 4.98 Å². The van der Waals surface area contributed by atoms with Gasteiger partial charge in [-0.1, -0.05) is 13.0 Å². The van der Waals surface area contributed by atoms with Crippen molar-refractivity contribution in [1.29, 1.82) is 0 Å². The Labute approximate surface area is 121 Å². The van der Waals surface area contributed by atoms with Crippen LogP contribution in [0.25, 0.3) is 0 Å². The van der Waals surface area contributed by atoms with E-state index in [-0.39, 0.29) is 5.91 Å². The summed E-state index contributed by atoms with van der Waals surface area (Å²) < 4.78 is 0.689. The minimum atomic E-state index is -0.212. The molecule has 1 heterocycles. The molecule has 0 saturated heterocycles. The van der Waals surface area contributed by atoms with Crippen molar-refractivity contribution in [2.45, 2.75) is 20.3 Å². The van der Waals surface area contributed by atoms with Crippen LogP contribution in [0.15, 0.2) is 41.0 Å². The zero-order chi connectivity index (χ0) is 13.8. The Bertz CT molecular complexity index is 611. The molecule has 1 aromatic carbocycles. The highest BCUT2D eigenvalue weighted by Gasteiger charge is 2.11. The molecule has 4 heteroatoms. The third-order valence-electron chi connectivity index (χ3n) is 2.95. The zero-order valence-corrected chi connectivity index (χ0v) is 12.5. The predicted octanol–water partition coefficient (Wildman–Crippen LogP) is 3.97. The highest BCUT2D eigenvalue weighted by atomic mass is 79.9. The quantitative estimate of drug-likeness (QED) is 0.930. The summed E-state index contributed by atoms with van der Waals surface area (Å²) in [4.78, 5) is 16.2. The van der Waals surface area contributed by atoms with Crippen molar-refractivity contribution >= 4 is 27.5 Å². The summed E-state index contributed by atoms with van der Waals surface area (Å²) in [5, 5.41) is 2.86. The lowest BCUT2D eigenvalue weighted by Crippen LogP contribution is -2.14. The summed E-state index contributed by atoms with van der Waals surface area (Å²) in [5.74, 6) is -0.212. The van der Waals surface area contributed by atoms with E-state index < -0.39 is 0 Å². The van der Waals surface area contributed by atoms with Crippen molar-refractivity contribution in [2.75, 3.05) is 5.32 Å². The number of nitrogens with one attached hydrogen (secondary N) is 1. The highest BCUT2D eigenvalue weighted by molar-refractivity contribution is 9.10. The number of carbonyl (C=O) groups is 1. The fourth-order valence-electron chi connectivity index (χ4n) is 1.91. The van der Waals surface area contributed by atoms with Crippen LogP contribution in [0.3, 0.4) is 0 Å². The Morgan fingerprint density at radius 1 is 1.37 bits per heavy atom. The van der Waals surface area contributed by atoms with Gasteiger partial charge in [0.25, 0.3) is 5.91 Å². The standard InChI is InChI=1S/C15H15BrN2O/c1-3-11-6-7-12(9-10(11)2)18-15(19)14-13(16)5-4-8-17-14/h4-9H,3H2,1-2H3,(H,18,19). The number of amides is 1. The molecular weight excluding hydrogens is 304 g/mol. The Morgan fingerprint density at radius 3 is 2.79 bits per heavy atom. The van der Waals surface area contributed by atoms with Gasteiger partial charge in [0.15, 0.2) is 0 Å². The topological polar surface area (TPSA) is 42.0 Å². The highest BCUT2D eigenvalue weighted by Crippen LogP contribution is 2.18. The molecule has 3 nitrogen and oxygen atoms in total. The number of anilines is 1. The summed E-state index contributed by atoms with van der Waals surface area (Å²) in [7, 11) is 0. The number of rotatable bonds is 3. The number of aromatic nitrogens is 1. The molecule has 0 aliphatic rings. The van der Waals surface area contributed by atoms with E-state index in [4.69, 9.17) is 0 Å². The molecule has 0 aliphatic carbocycles. The van der Waals surface area contributed by atoms with Gasteiger partial charge in [0.2, 0.25) is 0 Å². The third kappa shape index (κ3) is 3.20. The molecule has 0 radical (unpaired) electrons. The van der Waals surface area contributed by atoms with Crippen molar-refractivity contribution < 1.29 is 4.79 Å². The molecule has 0 aliphatic heterocycles. The Hall–Kier alpha value is -1.68. The Kier molecular flexibility index (Phi) is 4.32. The lowest BCUT2D eigenvalue weighted by atomic mass is 10.1. The summed E-state index contributed by atoms with van der Waals surface area (Å²) in [6.07, 6.45) is 2.59. The van der Waals surface area contributed by atoms with E-state index >= 15 is 0 Å². The number of hydrogen-bond acceptors (Lipinski definition) is 2. The second kappa shape index (κ2) is 5.97. The third-order valence-corrected chi connectivity index (χ3v) is 3.59. The first-order valence-corrected chi connectivity index (χ1v) is 6.92. The van der Waals surface area contributed by atoms with Gasteiger partial charge < -0.3 is 5.32 Å². The van der Waals surface area contributed by atoms with Gasteiger partial charge in [-0.2, -0.15) is 0 Å². The number of hydrogen-bond donors (Lipinski definition) is 1. The fourth-order valence-corrected chi connectivity index (χ4v) is 2.35. The van der Waals surface area contributed by atoms with E-state index in [1.54, 1.807) is 18.3 Å². The number of carbonyl (C=O) groups excluding carboxylic acids is 1. The predicted molar refractivity (Wildman–Crippen MR) is 80.4 cm³/mol. The van der Waals surface area contributed by atoms with E-state index in [1.807, 2.05) is 25.1 Å². The van der Waals surface area contributed by atoms with Gasteiger partial charge in [0, 0.05) is 16.4 Å². The molecular formula is C15H15BrN2O. The van der Waals surface area contributed by atoms with Crippen LogP contribution in [-0.4, -0.2) is 10.9 Å². The van der Waals surface area contributed by atoms with Crippen LogP contribution < -0.4 is 5.32 Å². The maximum Gasteiger partial charge on any atom is 0.275 e. The van der Waals surface area contributed by atoms with Crippen LogP contribution in [0, 0.1) is 6.92 Å². The summed E-state index contributed by atoms with van der Waals surface area (Å²) in [5.41, 5.74) is 3.65. The van der Waals surface area contributed by atoms with Crippen molar-refractivity contribution in [2.24, 2.45) is 0 Å². The van der Waals surface area contributed by atoms with Crippen molar-refractivity contribution in [3.05, 3.63) is 57.8 Å². The van der Waals surface area contributed by atoms with E-state index in [1.165, 1.54) is 11.1 Å². The summed E-state index contributed by atoms with van der Waals surface area (Å²) in [6.45, 7) is 4.16. The van der Waals surface area contributed by atoms with Crippen molar-refractivity contribution in [3.8, 4) is 0 Å². The van der Waals surface area contributed by atoms with Crippen LogP contribution in [0.1, 0.15) is 28.5 Å². The van der Waals surface area contributed by atoms with Crippen LogP contribution in [0.5, 0.6) is 0 Å². The minimum absolute atomic E-state index is 0.212. The molecule has 0 saturated carbocycles. The van der Waals surface area contributed by atoms with E-state index in [9.17, 15) is 4.79 Å². The molecule has 2 rings (SSSR count). The fraction of sp³-hybridized carbons (Fsp3) is 0.200. The Balaban J connectivity index is 2.20. The molecule has 19 heavy (non-hydrogen) atoms. The zero-order valence-electron chi connectivity index (χ0n) is 10.9. The second-order valence-corrected chi connectivity index (χ2v) is 5.14. The molecule has 1 amide bonds. The SMILES string of the molecule is CCc1ccc(NC(=O)c2ncccc2Br)cc1C. The molecule has 0 fully saturated rings. The Morgan fingerprint density at radius 2 is 2.16 bits per heavy atom. The average molecular weight is 319 g/mol.